The van der Waals surface area contributed by atoms with Crippen LogP contribution in [0.25, 0.3) is 0 Å². The lowest BCUT2D eigenvalue weighted by Gasteiger charge is -2.33. The van der Waals surface area contributed by atoms with Gasteiger partial charge in [0.05, 0.1) is 12.7 Å². The average Bonchev–Trinajstić information content (AvgIpc) is 3.44. The zero-order valence-corrected chi connectivity index (χ0v) is 17.1. The third-order valence-corrected chi connectivity index (χ3v) is 7.21. The van der Waals surface area contributed by atoms with Crippen molar-refractivity contribution in [3.05, 3.63) is 41.1 Å². The molecular weight excluding hydrogens is 352 g/mol. The number of rotatable bonds is 5. The second-order valence-electron chi connectivity index (χ2n) is 8.78. The summed E-state index contributed by atoms with van der Waals surface area (Å²) < 4.78 is 7.86. The van der Waals surface area contributed by atoms with Crippen LogP contribution in [-0.4, -0.2) is 44.1 Å². The van der Waals surface area contributed by atoms with Gasteiger partial charge in [-0.2, -0.15) is 5.10 Å². The number of carbonyl (C=O) groups excluding carboxylic acids is 1. The average molecular weight is 383 g/mol. The van der Waals surface area contributed by atoms with Crippen LogP contribution in [0.5, 0.6) is 0 Å². The van der Waals surface area contributed by atoms with Crippen LogP contribution in [0.3, 0.4) is 0 Å². The number of hydrogen-bond donors (Lipinski definition) is 0. The Morgan fingerprint density at radius 1 is 1.32 bits per heavy atom. The fraction of sp³-hybridized carbons (Fsp3) is 0.636. The molecule has 6 heteroatoms. The molecule has 0 unspecified atom stereocenters. The van der Waals surface area contributed by atoms with Crippen LogP contribution in [0.2, 0.25) is 0 Å². The Balaban J connectivity index is 1.42. The van der Waals surface area contributed by atoms with Crippen LogP contribution in [0, 0.1) is 19.8 Å². The van der Waals surface area contributed by atoms with E-state index in [0.717, 1.165) is 56.8 Å². The van der Waals surface area contributed by atoms with Crippen molar-refractivity contribution in [3.8, 4) is 0 Å². The van der Waals surface area contributed by atoms with Gasteiger partial charge >= 0.3 is 0 Å². The molecule has 0 aliphatic carbocycles. The summed E-state index contributed by atoms with van der Waals surface area (Å²) in [6.07, 6.45) is 6.29. The van der Waals surface area contributed by atoms with Crippen molar-refractivity contribution in [2.24, 2.45) is 5.92 Å². The molecule has 3 atom stereocenters. The summed E-state index contributed by atoms with van der Waals surface area (Å²) in [6, 6.07) is 4.30. The SMILES string of the molecule is CCCn1ncc([C@@H]2C[C@H]3CN(Cc4ccc(C)o4)C(=O)[C@]34CCCN24)c1C. The van der Waals surface area contributed by atoms with Gasteiger partial charge < -0.3 is 9.32 Å². The summed E-state index contributed by atoms with van der Waals surface area (Å²) >= 11 is 0. The Morgan fingerprint density at radius 3 is 2.93 bits per heavy atom. The summed E-state index contributed by atoms with van der Waals surface area (Å²) in [6.45, 7) is 9.73. The third kappa shape index (κ3) is 2.43. The molecule has 5 rings (SSSR count). The van der Waals surface area contributed by atoms with Crippen LogP contribution < -0.4 is 0 Å². The Kier molecular flexibility index (Phi) is 4.16. The first kappa shape index (κ1) is 18.0. The minimum atomic E-state index is -0.300. The van der Waals surface area contributed by atoms with E-state index in [2.05, 4.69) is 34.7 Å². The summed E-state index contributed by atoms with van der Waals surface area (Å²) in [5.41, 5.74) is 2.29. The number of nitrogens with zero attached hydrogens (tertiary/aromatic N) is 4. The van der Waals surface area contributed by atoms with Crippen LogP contribution in [0.4, 0.5) is 0 Å². The molecule has 3 fully saturated rings. The lowest BCUT2D eigenvalue weighted by Crippen LogP contribution is -2.49. The summed E-state index contributed by atoms with van der Waals surface area (Å²) in [5.74, 6) is 2.50. The van der Waals surface area contributed by atoms with Crippen LogP contribution in [0.1, 0.15) is 61.4 Å². The van der Waals surface area contributed by atoms with Gasteiger partial charge in [0.2, 0.25) is 5.91 Å². The largest absolute Gasteiger partial charge is 0.464 e. The molecule has 0 bridgehead atoms. The van der Waals surface area contributed by atoms with Gasteiger partial charge in [0, 0.05) is 36.3 Å². The van der Waals surface area contributed by atoms with Crippen molar-refractivity contribution in [3.63, 3.8) is 0 Å². The molecule has 2 aromatic heterocycles. The maximum atomic E-state index is 13.6. The minimum absolute atomic E-state index is 0.300. The lowest BCUT2D eigenvalue weighted by atomic mass is 9.85. The second kappa shape index (κ2) is 6.48. The van der Waals surface area contributed by atoms with Crippen LogP contribution in [0.15, 0.2) is 22.7 Å². The Morgan fingerprint density at radius 2 is 2.18 bits per heavy atom. The molecule has 28 heavy (non-hydrogen) atoms. The number of furan rings is 1. The number of aromatic nitrogens is 2. The monoisotopic (exact) mass is 382 g/mol. The van der Waals surface area contributed by atoms with Crippen molar-refractivity contribution >= 4 is 5.91 Å². The van der Waals surface area contributed by atoms with Crippen molar-refractivity contribution in [1.29, 1.82) is 0 Å². The normalized spacial score (nSPS) is 29.7. The molecule has 2 aromatic rings. The van der Waals surface area contributed by atoms with E-state index in [1.165, 1.54) is 11.3 Å². The van der Waals surface area contributed by atoms with Gasteiger partial charge in [-0.25, -0.2) is 0 Å². The van der Waals surface area contributed by atoms with Crippen molar-refractivity contribution in [2.45, 2.75) is 71.1 Å². The van der Waals surface area contributed by atoms with Gasteiger partial charge in [-0.3, -0.25) is 14.4 Å². The standard InChI is InChI=1S/C22H30N4O2/c1-4-9-26-16(3)19(12-23-26)20-11-17-13-24(14-18-7-6-15(2)28-18)21(27)22(17)8-5-10-25(20)22/h6-7,12,17,20H,4-5,8-11,13-14H2,1-3H3/t17-,20-,22-/m0/s1. The Hall–Kier alpha value is -2.08. The maximum absolute atomic E-state index is 13.6. The molecule has 0 saturated carbocycles. The molecule has 0 N–H and O–H groups in total. The van der Waals surface area contributed by atoms with Gasteiger partial charge in [0.25, 0.3) is 0 Å². The predicted molar refractivity (Wildman–Crippen MR) is 106 cm³/mol. The first-order valence-corrected chi connectivity index (χ1v) is 10.7. The number of amides is 1. The number of hydrogen-bond acceptors (Lipinski definition) is 4. The minimum Gasteiger partial charge on any atom is -0.464 e. The first-order valence-electron chi connectivity index (χ1n) is 10.7. The van der Waals surface area contributed by atoms with E-state index in [0.29, 0.717) is 24.4 Å². The summed E-state index contributed by atoms with van der Waals surface area (Å²) in [7, 11) is 0. The quantitative estimate of drug-likeness (QED) is 0.795. The molecule has 3 aliphatic heterocycles. The second-order valence-corrected chi connectivity index (χ2v) is 8.78. The molecule has 5 heterocycles. The zero-order valence-electron chi connectivity index (χ0n) is 17.1. The predicted octanol–water partition coefficient (Wildman–Crippen LogP) is 3.44. The fourth-order valence-electron chi connectivity index (χ4n) is 5.99. The molecule has 1 amide bonds. The van der Waals surface area contributed by atoms with E-state index in [9.17, 15) is 4.79 Å². The molecule has 3 aliphatic rings. The van der Waals surface area contributed by atoms with E-state index in [1.54, 1.807) is 0 Å². The molecule has 1 spiro atoms. The lowest BCUT2D eigenvalue weighted by molar-refractivity contribution is -0.137. The Labute approximate surface area is 166 Å². The summed E-state index contributed by atoms with van der Waals surface area (Å²) in [5, 5.41) is 4.63. The highest BCUT2D eigenvalue weighted by Crippen LogP contribution is 2.56. The fourth-order valence-corrected chi connectivity index (χ4v) is 5.99. The van der Waals surface area contributed by atoms with Crippen molar-refractivity contribution in [1.82, 2.24) is 19.6 Å². The van der Waals surface area contributed by atoms with Gasteiger partial charge in [-0.05, 0) is 58.2 Å². The van der Waals surface area contributed by atoms with E-state index < -0.39 is 0 Å². The molecular formula is C22H30N4O2. The van der Waals surface area contributed by atoms with Crippen LogP contribution >= 0.6 is 0 Å². The third-order valence-electron chi connectivity index (χ3n) is 7.21. The summed E-state index contributed by atoms with van der Waals surface area (Å²) in [4.78, 5) is 18.1. The van der Waals surface area contributed by atoms with Gasteiger partial charge in [0.1, 0.15) is 17.1 Å². The highest BCUT2D eigenvalue weighted by atomic mass is 16.3. The molecule has 3 saturated heterocycles. The van der Waals surface area contributed by atoms with E-state index >= 15 is 0 Å². The zero-order chi connectivity index (χ0) is 19.5. The molecule has 0 radical (unpaired) electrons. The van der Waals surface area contributed by atoms with Crippen molar-refractivity contribution in [2.75, 3.05) is 13.1 Å². The van der Waals surface area contributed by atoms with E-state index in [1.807, 2.05) is 24.0 Å². The van der Waals surface area contributed by atoms with E-state index in [4.69, 9.17) is 4.42 Å². The van der Waals surface area contributed by atoms with Crippen molar-refractivity contribution < 1.29 is 9.21 Å². The van der Waals surface area contributed by atoms with Gasteiger partial charge in [-0.1, -0.05) is 6.92 Å². The number of aryl methyl sites for hydroxylation is 2. The highest BCUT2D eigenvalue weighted by Gasteiger charge is 2.65. The van der Waals surface area contributed by atoms with E-state index in [-0.39, 0.29) is 5.54 Å². The number of carbonyl (C=O) groups is 1. The smallest absolute Gasteiger partial charge is 0.243 e. The number of likely N-dealkylation sites (tertiary alicyclic amines) is 1. The molecule has 150 valence electrons. The molecule has 6 nitrogen and oxygen atoms in total. The van der Waals surface area contributed by atoms with Crippen LogP contribution in [-0.2, 0) is 17.9 Å². The maximum Gasteiger partial charge on any atom is 0.243 e. The Bertz CT molecular complexity index is 900. The van der Waals surface area contributed by atoms with Gasteiger partial charge in [-0.15, -0.1) is 0 Å². The molecule has 0 aromatic carbocycles. The first-order chi connectivity index (χ1) is 13.5. The highest BCUT2D eigenvalue weighted by molar-refractivity contribution is 5.90. The topological polar surface area (TPSA) is 54.5 Å². The van der Waals surface area contributed by atoms with Gasteiger partial charge in [0.15, 0.2) is 0 Å².